The molecule has 1 saturated heterocycles. The van der Waals surface area contributed by atoms with E-state index in [2.05, 4.69) is 0 Å². The topological polar surface area (TPSA) is 92.8 Å². The van der Waals surface area contributed by atoms with E-state index in [4.69, 9.17) is 28.4 Å². The standard InChI is InChI=1S/C37H37NO8/c1-37(2)45-33-30-22-29(42-23-26-12-6-3-7-13-26)18-19-31(30)38(35(39)43-24-27-14-8-4-9-15-27)32(34(33)46-37)20-21-41-36(40)44-25-28-16-10-5-11-17-28/h3-19,22,32-34H,20-21,23-25H2,1-2H3/t32-,33-,34-/m0/s1. The van der Waals surface area contributed by atoms with Crippen LogP contribution in [0.2, 0.25) is 0 Å². The van der Waals surface area contributed by atoms with E-state index in [1.807, 2.05) is 123 Å². The van der Waals surface area contributed by atoms with Crippen LogP contribution in [0.25, 0.3) is 0 Å². The summed E-state index contributed by atoms with van der Waals surface area (Å²) in [5.74, 6) is -0.291. The lowest BCUT2D eigenvalue weighted by molar-refractivity contribution is -0.148. The minimum atomic E-state index is -0.925. The van der Waals surface area contributed by atoms with Crippen LogP contribution in [0.5, 0.6) is 5.75 Å². The number of fused-ring (bicyclic) bond motifs is 3. The van der Waals surface area contributed by atoms with E-state index in [1.54, 1.807) is 4.90 Å². The monoisotopic (exact) mass is 623 g/mol. The molecule has 1 amide bonds. The summed E-state index contributed by atoms with van der Waals surface area (Å²) in [5.41, 5.74) is 4.11. The second-order valence-electron chi connectivity index (χ2n) is 11.7. The molecular formula is C37H37NO8. The van der Waals surface area contributed by atoms with Gasteiger partial charge in [-0.3, -0.25) is 4.90 Å². The summed E-state index contributed by atoms with van der Waals surface area (Å²) < 4.78 is 35.5. The number of rotatable bonds is 10. The summed E-state index contributed by atoms with van der Waals surface area (Å²) in [5, 5.41) is 0. The number of hydrogen-bond donors (Lipinski definition) is 0. The fourth-order valence-corrected chi connectivity index (χ4v) is 5.78. The van der Waals surface area contributed by atoms with Crippen LogP contribution in [0.3, 0.4) is 0 Å². The molecule has 2 aliphatic heterocycles. The fourth-order valence-electron chi connectivity index (χ4n) is 5.78. The number of hydrogen-bond acceptors (Lipinski definition) is 8. The first kappa shape index (κ1) is 31.1. The highest BCUT2D eigenvalue weighted by Crippen LogP contribution is 2.50. The van der Waals surface area contributed by atoms with E-state index in [0.29, 0.717) is 18.0 Å². The first-order valence-electron chi connectivity index (χ1n) is 15.4. The normalized spacial score (nSPS) is 19.4. The smallest absolute Gasteiger partial charge is 0.489 e. The molecule has 0 spiro atoms. The summed E-state index contributed by atoms with van der Waals surface area (Å²) in [6.45, 7) is 4.25. The van der Waals surface area contributed by atoms with Gasteiger partial charge in [-0.2, -0.15) is 0 Å². The van der Waals surface area contributed by atoms with Crippen LogP contribution in [-0.4, -0.2) is 36.8 Å². The van der Waals surface area contributed by atoms with E-state index < -0.39 is 36.3 Å². The van der Waals surface area contributed by atoms with E-state index in [0.717, 1.165) is 22.3 Å². The molecule has 6 rings (SSSR count). The molecule has 9 nitrogen and oxygen atoms in total. The Kier molecular flexibility index (Phi) is 9.51. The second kappa shape index (κ2) is 14.1. The number of nitrogens with zero attached hydrogens (tertiary/aromatic N) is 1. The van der Waals surface area contributed by atoms with Crippen molar-refractivity contribution in [2.45, 2.75) is 64.1 Å². The largest absolute Gasteiger partial charge is 0.508 e. The SMILES string of the molecule is CC1(C)O[C@@H]2[C@@H](O1)c1cc(OCc3ccccc3)ccc1N(C(=O)OCc1ccccc1)[C@H]2CCOC(=O)OCc1ccccc1. The van der Waals surface area contributed by atoms with E-state index >= 15 is 0 Å². The molecule has 238 valence electrons. The molecule has 2 heterocycles. The van der Waals surface area contributed by atoms with Gasteiger partial charge in [-0.05, 0) is 48.7 Å². The Labute approximate surface area is 268 Å². The maximum Gasteiger partial charge on any atom is 0.508 e. The summed E-state index contributed by atoms with van der Waals surface area (Å²) >= 11 is 0. The van der Waals surface area contributed by atoms with Crippen molar-refractivity contribution in [1.82, 2.24) is 0 Å². The lowest BCUT2D eigenvalue weighted by Gasteiger charge is -2.41. The first-order valence-corrected chi connectivity index (χ1v) is 15.4. The van der Waals surface area contributed by atoms with Gasteiger partial charge in [0.25, 0.3) is 0 Å². The minimum absolute atomic E-state index is 0.0125. The number of ether oxygens (including phenoxy) is 6. The van der Waals surface area contributed by atoms with E-state index in [-0.39, 0.29) is 26.2 Å². The molecular weight excluding hydrogens is 586 g/mol. The second-order valence-corrected chi connectivity index (χ2v) is 11.7. The van der Waals surface area contributed by atoms with Crippen LogP contribution in [0, 0.1) is 0 Å². The third kappa shape index (κ3) is 7.50. The zero-order chi connectivity index (χ0) is 31.9. The number of benzene rings is 4. The van der Waals surface area contributed by atoms with Crippen molar-refractivity contribution in [2.75, 3.05) is 11.5 Å². The number of carbonyl (C=O) groups is 2. The fraction of sp³-hybridized carbons (Fsp3) is 0.297. The van der Waals surface area contributed by atoms with Gasteiger partial charge >= 0.3 is 12.2 Å². The molecule has 0 aromatic heterocycles. The van der Waals surface area contributed by atoms with Gasteiger partial charge in [0.15, 0.2) is 5.79 Å². The Balaban J connectivity index is 1.23. The Bertz CT molecular complexity index is 1610. The molecule has 0 bridgehead atoms. The van der Waals surface area contributed by atoms with Crippen molar-refractivity contribution < 1.29 is 38.0 Å². The van der Waals surface area contributed by atoms with Gasteiger partial charge in [-0.1, -0.05) is 91.0 Å². The van der Waals surface area contributed by atoms with Gasteiger partial charge in [0.05, 0.1) is 18.3 Å². The zero-order valence-electron chi connectivity index (χ0n) is 25.9. The van der Waals surface area contributed by atoms with Crippen LogP contribution >= 0.6 is 0 Å². The Morgan fingerprint density at radius 3 is 1.93 bits per heavy atom. The molecule has 3 atom stereocenters. The average molecular weight is 624 g/mol. The molecule has 1 fully saturated rings. The summed E-state index contributed by atoms with van der Waals surface area (Å²) in [6.07, 6.45) is -2.16. The molecule has 9 heteroatoms. The average Bonchev–Trinajstić information content (AvgIpc) is 3.42. The molecule has 0 aliphatic carbocycles. The number of carbonyl (C=O) groups excluding carboxylic acids is 2. The summed E-state index contributed by atoms with van der Waals surface area (Å²) in [4.78, 5) is 27.9. The predicted octanol–water partition coefficient (Wildman–Crippen LogP) is 7.73. The van der Waals surface area contributed by atoms with Crippen molar-refractivity contribution in [3.05, 3.63) is 131 Å². The van der Waals surface area contributed by atoms with Crippen LogP contribution < -0.4 is 9.64 Å². The van der Waals surface area contributed by atoms with Gasteiger partial charge in [-0.25, -0.2) is 9.59 Å². The number of anilines is 1. The third-order valence-corrected chi connectivity index (χ3v) is 7.89. The van der Waals surface area contributed by atoms with Crippen molar-refractivity contribution in [1.29, 1.82) is 0 Å². The lowest BCUT2D eigenvalue weighted by atomic mass is 9.89. The van der Waals surface area contributed by atoms with Crippen LogP contribution in [0.15, 0.2) is 109 Å². The lowest BCUT2D eigenvalue weighted by Crippen LogP contribution is -2.53. The quantitative estimate of drug-likeness (QED) is 0.166. The van der Waals surface area contributed by atoms with Gasteiger partial charge in [-0.15, -0.1) is 0 Å². The van der Waals surface area contributed by atoms with Crippen molar-refractivity contribution in [2.24, 2.45) is 0 Å². The maximum atomic E-state index is 13.9. The molecule has 46 heavy (non-hydrogen) atoms. The number of amides is 1. The van der Waals surface area contributed by atoms with Crippen LogP contribution in [0.4, 0.5) is 15.3 Å². The van der Waals surface area contributed by atoms with Gasteiger partial charge < -0.3 is 28.4 Å². The molecule has 0 radical (unpaired) electrons. The Hall–Kier alpha value is -4.86. The zero-order valence-corrected chi connectivity index (χ0v) is 25.9. The molecule has 0 unspecified atom stereocenters. The minimum Gasteiger partial charge on any atom is -0.489 e. The van der Waals surface area contributed by atoms with Gasteiger partial charge in [0, 0.05) is 12.0 Å². The third-order valence-electron chi connectivity index (χ3n) is 7.89. The molecule has 4 aromatic carbocycles. The van der Waals surface area contributed by atoms with Crippen molar-refractivity contribution in [3.63, 3.8) is 0 Å². The maximum absolute atomic E-state index is 13.9. The molecule has 0 saturated carbocycles. The highest BCUT2D eigenvalue weighted by Gasteiger charge is 2.53. The highest BCUT2D eigenvalue weighted by atomic mass is 16.8. The Morgan fingerprint density at radius 2 is 1.30 bits per heavy atom. The molecule has 2 aliphatic rings. The highest BCUT2D eigenvalue weighted by molar-refractivity contribution is 5.91. The van der Waals surface area contributed by atoms with Crippen LogP contribution in [-0.2, 0) is 43.5 Å². The molecule has 4 aromatic rings. The van der Waals surface area contributed by atoms with Gasteiger partial charge in [0.1, 0.15) is 37.8 Å². The van der Waals surface area contributed by atoms with E-state index in [9.17, 15) is 9.59 Å². The Morgan fingerprint density at radius 1 is 0.717 bits per heavy atom. The predicted molar refractivity (Wildman–Crippen MR) is 170 cm³/mol. The van der Waals surface area contributed by atoms with Crippen molar-refractivity contribution in [3.8, 4) is 5.75 Å². The van der Waals surface area contributed by atoms with E-state index in [1.165, 1.54) is 0 Å². The van der Waals surface area contributed by atoms with Gasteiger partial charge in [0.2, 0.25) is 0 Å². The molecule has 0 N–H and O–H groups in total. The first-order chi connectivity index (χ1) is 22.4. The van der Waals surface area contributed by atoms with Crippen LogP contribution in [0.1, 0.15) is 48.6 Å². The summed E-state index contributed by atoms with van der Waals surface area (Å²) in [7, 11) is 0. The van der Waals surface area contributed by atoms with Crippen molar-refractivity contribution >= 4 is 17.9 Å². The summed E-state index contributed by atoms with van der Waals surface area (Å²) in [6, 6.07) is 33.7.